The highest BCUT2D eigenvalue weighted by atomic mass is 19.4. The van der Waals surface area contributed by atoms with Crippen molar-refractivity contribution in [1.82, 2.24) is 10.3 Å². The van der Waals surface area contributed by atoms with Crippen LogP contribution in [0.4, 0.5) is 13.2 Å². The SMILES string of the molecule is NC(C(=O)OCCCC(F)(F)F)c1ccccc1-c1ccccc1C(=O)NCCc1ccccn1. The molecule has 3 N–H and O–H groups in total. The van der Waals surface area contributed by atoms with E-state index in [0.29, 0.717) is 35.2 Å². The van der Waals surface area contributed by atoms with Gasteiger partial charge in [0, 0.05) is 36.8 Å². The number of hydrogen-bond donors (Lipinski definition) is 2. The molecular weight excluding hydrogens is 459 g/mol. The lowest BCUT2D eigenvalue weighted by molar-refractivity contribution is -0.151. The molecule has 0 saturated carbocycles. The van der Waals surface area contributed by atoms with Gasteiger partial charge in [-0.15, -0.1) is 0 Å². The lowest BCUT2D eigenvalue weighted by Crippen LogP contribution is -2.27. The van der Waals surface area contributed by atoms with Crippen LogP contribution in [0.1, 0.15) is 40.5 Å². The first-order valence-corrected chi connectivity index (χ1v) is 11.1. The van der Waals surface area contributed by atoms with Gasteiger partial charge in [-0.2, -0.15) is 13.2 Å². The molecule has 6 nitrogen and oxygen atoms in total. The second-order valence-electron chi connectivity index (χ2n) is 7.82. The van der Waals surface area contributed by atoms with Crippen LogP contribution in [0.5, 0.6) is 0 Å². The highest BCUT2D eigenvalue weighted by molar-refractivity contribution is 6.01. The number of nitrogens with zero attached hydrogens (tertiary/aromatic N) is 1. The van der Waals surface area contributed by atoms with Gasteiger partial charge >= 0.3 is 12.1 Å². The Morgan fingerprint density at radius 2 is 1.66 bits per heavy atom. The van der Waals surface area contributed by atoms with Crippen molar-refractivity contribution in [3.05, 3.63) is 89.7 Å². The third kappa shape index (κ3) is 7.65. The Balaban J connectivity index is 1.72. The average Bonchev–Trinajstić information content (AvgIpc) is 2.86. The van der Waals surface area contributed by atoms with E-state index in [2.05, 4.69) is 10.3 Å². The van der Waals surface area contributed by atoms with E-state index in [1.165, 1.54) is 0 Å². The molecule has 1 atom stereocenters. The Hall–Kier alpha value is -3.72. The number of ether oxygens (including phenoxy) is 1. The van der Waals surface area contributed by atoms with E-state index in [9.17, 15) is 22.8 Å². The normalized spacial score (nSPS) is 12.1. The number of rotatable bonds is 10. The largest absolute Gasteiger partial charge is 0.464 e. The molecule has 35 heavy (non-hydrogen) atoms. The second-order valence-corrected chi connectivity index (χ2v) is 7.82. The number of nitrogens with two attached hydrogens (primary N) is 1. The minimum Gasteiger partial charge on any atom is -0.464 e. The van der Waals surface area contributed by atoms with Crippen molar-refractivity contribution < 1.29 is 27.5 Å². The van der Waals surface area contributed by atoms with Gasteiger partial charge in [0.2, 0.25) is 0 Å². The predicted molar refractivity (Wildman–Crippen MR) is 125 cm³/mol. The topological polar surface area (TPSA) is 94.3 Å². The van der Waals surface area contributed by atoms with Crippen LogP contribution in [0.25, 0.3) is 11.1 Å². The van der Waals surface area contributed by atoms with Crippen molar-refractivity contribution in [2.45, 2.75) is 31.5 Å². The third-order valence-corrected chi connectivity index (χ3v) is 5.25. The minimum absolute atomic E-state index is 0.297. The van der Waals surface area contributed by atoms with E-state index in [1.807, 2.05) is 18.2 Å². The number of halogens is 3. The number of alkyl halides is 3. The maximum atomic E-state index is 13.0. The van der Waals surface area contributed by atoms with Crippen LogP contribution in [-0.2, 0) is 16.0 Å². The Morgan fingerprint density at radius 3 is 2.37 bits per heavy atom. The van der Waals surface area contributed by atoms with Crippen LogP contribution in [0.15, 0.2) is 72.9 Å². The molecule has 3 rings (SSSR count). The van der Waals surface area contributed by atoms with Gasteiger partial charge in [0.15, 0.2) is 0 Å². The zero-order chi connectivity index (χ0) is 25.3. The van der Waals surface area contributed by atoms with Crippen molar-refractivity contribution in [3.8, 4) is 11.1 Å². The summed E-state index contributed by atoms with van der Waals surface area (Å²) in [6, 6.07) is 18.0. The van der Waals surface area contributed by atoms with Crippen molar-refractivity contribution >= 4 is 11.9 Å². The monoisotopic (exact) mass is 485 g/mol. The van der Waals surface area contributed by atoms with Gasteiger partial charge in [-0.05, 0) is 41.3 Å². The standard InChI is InChI=1S/C26H26F3N3O3/c27-26(28,29)14-7-17-35-25(34)23(30)21-11-3-1-9-19(21)20-10-2-4-12-22(20)24(33)32-16-13-18-8-5-6-15-31-18/h1-6,8-12,15,23H,7,13-14,16-17,30H2,(H,32,33). The Morgan fingerprint density at radius 1 is 0.971 bits per heavy atom. The maximum absolute atomic E-state index is 13.0. The molecule has 0 aliphatic carbocycles. The summed E-state index contributed by atoms with van der Waals surface area (Å²) in [6.45, 7) is -0.000925. The molecule has 0 aliphatic rings. The molecule has 9 heteroatoms. The zero-order valence-corrected chi connectivity index (χ0v) is 18.9. The predicted octanol–water partition coefficient (Wildman–Crippen LogP) is 4.61. The summed E-state index contributed by atoms with van der Waals surface area (Å²) in [5.74, 6) is -1.13. The number of pyridine rings is 1. The number of benzene rings is 2. The summed E-state index contributed by atoms with van der Waals surface area (Å²) in [6.07, 6.45) is -3.45. The van der Waals surface area contributed by atoms with E-state index in [1.54, 1.807) is 54.7 Å². The van der Waals surface area contributed by atoms with E-state index in [-0.39, 0.29) is 18.9 Å². The first-order valence-electron chi connectivity index (χ1n) is 11.1. The molecule has 1 amide bonds. The van der Waals surface area contributed by atoms with Gasteiger partial charge in [-0.1, -0.05) is 48.5 Å². The Kier molecular flexibility index (Phi) is 8.97. The van der Waals surface area contributed by atoms with Gasteiger partial charge in [0.1, 0.15) is 6.04 Å². The van der Waals surface area contributed by atoms with Crippen LogP contribution in [0.2, 0.25) is 0 Å². The molecule has 0 aliphatic heterocycles. The van der Waals surface area contributed by atoms with Crippen molar-refractivity contribution in [2.24, 2.45) is 5.73 Å². The van der Waals surface area contributed by atoms with E-state index >= 15 is 0 Å². The van der Waals surface area contributed by atoms with Gasteiger partial charge in [-0.25, -0.2) is 4.79 Å². The summed E-state index contributed by atoms with van der Waals surface area (Å²) < 4.78 is 41.9. The highest BCUT2D eigenvalue weighted by Crippen LogP contribution is 2.31. The fourth-order valence-corrected chi connectivity index (χ4v) is 3.54. The second kappa shape index (κ2) is 12.1. The summed E-state index contributed by atoms with van der Waals surface area (Å²) in [5.41, 5.74) is 8.89. The van der Waals surface area contributed by atoms with Crippen LogP contribution in [0.3, 0.4) is 0 Å². The number of aromatic nitrogens is 1. The molecule has 184 valence electrons. The summed E-state index contributed by atoms with van der Waals surface area (Å²) in [4.78, 5) is 29.6. The molecule has 2 aromatic carbocycles. The van der Waals surface area contributed by atoms with Crippen molar-refractivity contribution in [2.75, 3.05) is 13.2 Å². The summed E-state index contributed by atoms with van der Waals surface area (Å²) in [7, 11) is 0. The van der Waals surface area contributed by atoms with E-state index < -0.39 is 24.6 Å². The molecule has 0 spiro atoms. The molecule has 0 saturated heterocycles. The molecule has 1 unspecified atom stereocenters. The van der Waals surface area contributed by atoms with Gasteiger partial charge in [0.05, 0.1) is 6.61 Å². The lowest BCUT2D eigenvalue weighted by atomic mass is 9.92. The molecule has 3 aromatic rings. The molecule has 1 heterocycles. The van der Waals surface area contributed by atoms with E-state index in [0.717, 1.165) is 5.69 Å². The molecule has 0 radical (unpaired) electrons. The van der Waals surface area contributed by atoms with Gasteiger partial charge in [0.25, 0.3) is 5.91 Å². The average molecular weight is 486 g/mol. The number of hydrogen-bond acceptors (Lipinski definition) is 5. The summed E-state index contributed by atoms with van der Waals surface area (Å²) >= 11 is 0. The smallest absolute Gasteiger partial charge is 0.389 e. The maximum Gasteiger partial charge on any atom is 0.389 e. The Bertz CT molecular complexity index is 1140. The summed E-state index contributed by atoms with van der Waals surface area (Å²) in [5, 5.41) is 2.88. The first kappa shape index (κ1) is 25.9. The fraction of sp³-hybridized carbons (Fsp3) is 0.269. The molecule has 0 fully saturated rings. The van der Waals surface area contributed by atoms with Crippen molar-refractivity contribution in [3.63, 3.8) is 0 Å². The Labute approximate surface area is 201 Å². The van der Waals surface area contributed by atoms with Crippen LogP contribution in [0, 0.1) is 0 Å². The van der Waals surface area contributed by atoms with Crippen LogP contribution >= 0.6 is 0 Å². The van der Waals surface area contributed by atoms with Gasteiger partial charge < -0.3 is 15.8 Å². The number of carbonyl (C=O) groups is 2. The van der Waals surface area contributed by atoms with Crippen LogP contribution < -0.4 is 11.1 Å². The van der Waals surface area contributed by atoms with Gasteiger partial charge in [-0.3, -0.25) is 9.78 Å². The number of nitrogens with one attached hydrogen (secondary N) is 1. The molecule has 0 bridgehead atoms. The quantitative estimate of drug-likeness (QED) is 0.323. The lowest BCUT2D eigenvalue weighted by Gasteiger charge is -2.18. The number of carbonyl (C=O) groups excluding carboxylic acids is 2. The molecular formula is C26H26F3N3O3. The number of amides is 1. The first-order chi connectivity index (χ1) is 16.8. The highest BCUT2D eigenvalue weighted by Gasteiger charge is 2.27. The van der Waals surface area contributed by atoms with Crippen molar-refractivity contribution in [1.29, 1.82) is 0 Å². The van der Waals surface area contributed by atoms with E-state index in [4.69, 9.17) is 10.5 Å². The number of esters is 1. The molecule has 1 aromatic heterocycles. The zero-order valence-electron chi connectivity index (χ0n) is 18.9. The fourth-order valence-electron chi connectivity index (χ4n) is 3.54. The van der Waals surface area contributed by atoms with Crippen LogP contribution in [-0.4, -0.2) is 36.2 Å². The minimum atomic E-state index is -4.32. The third-order valence-electron chi connectivity index (χ3n) is 5.25.